The number of amides is 2. The van der Waals surface area contributed by atoms with Crippen molar-refractivity contribution in [3.8, 4) is 0 Å². The highest BCUT2D eigenvalue weighted by molar-refractivity contribution is 6.43. The molecule has 0 saturated heterocycles. The van der Waals surface area contributed by atoms with E-state index in [9.17, 15) is 14.4 Å². The van der Waals surface area contributed by atoms with Gasteiger partial charge >= 0.3 is 0 Å². The van der Waals surface area contributed by atoms with Crippen molar-refractivity contribution in [2.75, 3.05) is 5.32 Å². The molecule has 0 aliphatic heterocycles. The van der Waals surface area contributed by atoms with Crippen LogP contribution >= 0.6 is 0 Å². The van der Waals surface area contributed by atoms with Gasteiger partial charge in [0, 0.05) is 30.0 Å². The number of benzene rings is 1. The molecule has 0 fully saturated rings. The molecule has 0 unspecified atom stereocenters. The van der Waals surface area contributed by atoms with Crippen LogP contribution in [0.5, 0.6) is 0 Å². The van der Waals surface area contributed by atoms with Crippen LogP contribution in [0, 0.1) is 13.8 Å². The number of furan rings is 1. The normalized spacial score (nSPS) is 12.0. The Hall–Kier alpha value is -4.05. The molecule has 7 N–H and O–H groups in total. The lowest BCUT2D eigenvalue weighted by Crippen LogP contribution is -2.50. The van der Waals surface area contributed by atoms with E-state index in [2.05, 4.69) is 16.1 Å². The van der Waals surface area contributed by atoms with Crippen LogP contribution in [-0.2, 0) is 11.8 Å². The van der Waals surface area contributed by atoms with E-state index < -0.39 is 23.1 Å². The second-order valence-electron chi connectivity index (χ2n) is 8.29. The Balaban J connectivity index is 1.87. The topological polar surface area (TPSA) is 157 Å². The van der Waals surface area contributed by atoms with E-state index in [1.807, 2.05) is 0 Å². The summed E-state index contributed by atoms with van der Waals surface area (Å²) in [5.41, 5.74) is 10.1. The summed E-state index contributed by atoms with van der Waals surface area (Å²) >= 11 is 0. The van der Waals surface area contributed by atoms with Crippen LogP contribution in [0.2, 0.25) is 0 Å². The summed E-state index contributed by atoms with van der Waals surface area (Å²) in [6.45, 7) is 6.60. The van der Waals surface area contributed by atoms with Gasteiger partial charge in [0.2, 0.25) is 0 Å². The lowest BCUT2D eigenvalue weighted by Gasteiger charge is -2.26. The van der Waals surface area contributed by atoms with Gasteiger partial charge in [0.15, 0.2) is 0 Å². The number of ketones is 1. The second kappa shape index (κ2) is 8.83. The molecule has 0 aliphatic rings. The molecule has 10 nitrogen and oxygen atoms in total. The molecule has 0 bridgehead atoms. The second-order valence-corrected chi connectivity index (χ2v) is 8.29. The third kappa shape index (κ3) is 4.46. The van der Waals surface area contributed by atoms with Crippen LogP contribution < -0.4 is 27.6 Å². The van der Waals surface area contributed by atoms with E-state index in [0.29, 0.717) is 22.5 Å². The molecule has 0 atom stereocenters. The fourth-order valence-corrected chi connectivity index (χ4v) is 3.67. The standard InChI is InChI=1S/C23H28N6O4/c1-12-18(20(30)22(32)28-23(3,4)17(24)11-26-25)13(2)29(5)19(12)21(31)27-15-6-7-16-14(10-15)8-9-33-16/h6-11,26H,24-25H2,1-5H3,(H,27,31)(H,28,32)/b17-11-. The Kier molecular flexibility index (Phi) is 6.32. The molecule has 0 aliphatic carbocycles. The zero-order valence-corrected chi connectivity index (χ0v) is 19.2. The summed E-state index contributed by atoms with van der Waals surface area (Å²) in [5.74, 6) is 3.23. The highest BCUT2D eigenvalue weighted by Crippen LogP contribution is 2.25. The zero-order valence-electron chi connectivity index (χ0n) is 19.2. The van der Waals surface area contributed by atoms with Gasteiger partial charge in [-0.3, -0.25) is 20.2 Å². The van der Waals surface area contributed by atoms with Crippen molar-refractivity contribution in [1.29, 1.82) is 0 Å². The predicted molar refractivity (Wildman–Crippen MR) is 125 cm³/mol. The first-order valence-corrected chi connectivity index (χ1v) is 10.2. The quantitative estimate of drug-likeness (QED) is 0.159. The first-order chi connectivity index (χ1) is 15.5. The number of carbonyl (C=O) groups excluding carboxylic acids is 3. The van der Waals surface area contributed by atoms with Crippen molar-refractivity contribution in [3.63, 3.8) is 0 Å². The molecule has 3 aromatic rings. The molecule has 174 valence electrons. The maximum Gasteiger partial charge on any atom is 0.293 e. The van der Waals surface area contributed by atoms with Gasteiger partial charge in [-0.15, -0.1) is 0 Å². The Labute approximate surface area is 190 Å². The number of Topliss-reactive ketones (excluding diaryl/α,β-unsaturated/α-hetero) is 1. The summed E-state index contributed by atoms with van der Waals surface area (Å²) in [7, 11) is 1.67. The van der Waals surface area contributed by atoms with Gasteiger partial charge in [0.1, 0.15) is 11.3 Å². The van der Waals surface area contributed by atoms with E-state index in [0.717, 1.165) is 5.39 Å². The minimum atomic E-state index is -1.03. The van der Waals surface area contributed by atoms with Crippen molar-refractivity contribution in [2.45, 2.75) is 33.2 Å². The molecular formula is C23H28N6O4. The minimum Gasteiger partial charge on any atom is -0.464 e. The van der Waals surface area contributed by atoms with Crippen LogP contribution in [0.25, 0.3) is 11.0 Å². The average Bonchev–Trinajstić information content (AvgIpc) is 3.29. The molecular weight excluding hydrogens is 424 g/mol. The molecule has 33 heavy (non-hydrogen) atoms. The maximum atomic E-state index is 13.1. The maximum absolute atomic E-state index is 13.1. The summed E-state index contributed by atoms with van der Waals surface area (Å²) in [6.07, 6.45) is 2.90. The number of rotatable bonds is 7. The van der Waals surface area contributed by atoms with Crippen molar-refractivity contribution in [3.05, 3.63) is 64.9 Å². The third-order valence-corrected chi connectivity index (χ3v) is 5.68. The van der Waals surface area contributed by atoms with Crippen molar-refractivity contribution >= 4 is 34.3 Å². The predicted octanol–water partition coefficient (Wildman–Crippen LogP) is 1.98. The highest BCUT2D eigenvalue weighted by atomic mass is 16.3. The lowest BCUT2D eigenvalue weighted by atomic mass is 9.99. The molecule has 0 spiro atoms. The molecule has 3 rings (SSSR count). The lowest BCUT2D eigenvalue weighted by molar-refractivity contribution is -0.118. The van der Waals surface area contributed by atoms with Gasteiger partial charge in [0.25, 0.3) is 17.6 Å². The van der Waals surface area contributed by atoms with Crippen LogP contribution in [0.4, 0.5) is 5.69 Å². The smallest absolute Gasteiger partial charge is 0.293 e. The van der Waals surface area contributed by atoms with Crippen LogP contribution in [0.15, 0.2) is 46.8 Å². The Morgan fingerprint density at radius 3 is 2.52 bits per heavy atom. The van der Waals surface area contributed by atoms with Gasteiger partial charge in [-0.2, -0.15) is 0 Å². The first-order valence-electron chi connectivity index (χ1n) is 10.2. The van der Waals surface area contributed by atoms with E-state index in [1.54, 1.807) is 69.8 Å². The largest absolute Gasteiger partial charge is 0.464 e. The number of aromatic nitrogens is 1. The van der Waals surface area contributed by atoms with Crippen molar-refractivity contribution in [2.24, 2.45) is 18.6 Å². The SMILES string of the molecule is Cc1c(C(=O)C(=O)NC(C)(C)/C(N)=C/NN)c(C)n(C)c1C(=O)Nc1ccc2occc2c1. The van der Waals surface area contributed by atoms with Gasteiger partial charge in [-0.05, 0) is 57.5 Å². The molecule has 0 saturated carbocycles. The molecule has 2 aromatic heterocycles. The number of hydrogen-bond acceptors (Lipinski definition) is 7. The Morgan fingerprint density at radius 1 is 1.15 bits per heavy atom. The zero-order chi connectivity index (χ0) is 24.5. The monoisotopic (exact) mass is 452 g/mol. The van der Waals surface area contributed by atoms with Gasteiger partial charge < -0.3 is 30.8 Å². The van der Waals surface area contributed by atoms with E-state index >= 15 is 0 Å². The van der Waals surface area contributed by atoms with Crippen LogP contribution in [0.1, 0.15) is 46.0 Å². The first kappa shape index (κ1) is 23.6. The number of anilines is 1. The summed E-state index contributed by atoms with van der Waals surface area (Å²) < 4.78 is 6.91. The number of fused-ring (bicyclic) bond motifs is 1. The molecule has 10 heteroatoms. The van der Waals surface area contributed by atoms with Crippen LogP contribution in [0.3, 0.4) is 0 Å². The van der Waals surface area contributed by atoms with Crippen molar-refractivity contribution in [1.82, 2.24) is 15.3 Å². The number of hydrogen-bond donors (Lipinski definition) is 5. The Bertz CT molecular complexity index is 1280. The van der Waals surface area contributed by atoms with Gasteiger partial charge in [0.05, 0.1) is 23.1 Å². The van der Waals surface area contributed by atoms with E-state index in [1.165, 1.54) is 6.20 Å². The number of carbonyl (C=O) groups is 3. The number of hydrazine groups is 1. The van der Waals surface area contributed by atoms with E-state index in [4.69, 9.17) is 16.0 Å². The molecule has 0 radical (unpaired) electrons. The molecule has 1 aromatic carbocycles. The van der Waals surface area contributed by atoms with Gasteiger partial charge in [-0.1, -0.05) is 0 Å². The average molecular weight is 453 g/mol. The van der Waals surface area contributed by atoms with Crippen molar-refractivity contribution < 1.29 is 18.8 Å². The number of nitrogens with two attached hydrogens (primary N) is 2. The minimum absolute atomic E-state index is 0.167. The third-order valence-electron chi connectivity index (χ3n) is 5.68. The van der Waals surface area contributed by atoms with E-state index in [-0.39, 0.29) is 17.0 Å². The number of nitrogens with one attached hydrogen (secondary N) is 3. The molecule has 2 heterocycles. The fraction of sp³-hybridized carbons (Fsp3) is 0.261. The summed E-state index contributed by atoms with van der Waals surface area (Å²) in [4.78, 5) is 38.8. The number of nitrogens with zero attached hydrogens (tertiary/aromatic N) is 1. The van der Waals surface area contributed by atoms with Gasteiger partial charge in [-0.25, -0.2) is 0 Å². The summed E-state index contributed by atoms with van der Waals surface area (Å²) in [5, 5.41) is 6.30. The summed E-state index contributed by atoms with van der Waals surface area (Å²) in [6, 6.07) is 7.07. The Morgan fingerprint density at radius 2 is 1.85 bits per heavy atom. The highest BCUT2D eigenvalue weighted by Gasteiger charge is 2.32. The molecule has 2 amide bonds. The van der Waals surface area contributed by atoms with Crippen LogP contribution in [-0.4, -0.2) is 27.7 Å². The fourth-order valence-electron chi connectivity index (χ4n) is 3.67.